The second-order valence-corrected chi connectivity index (χ2v) is 6.74. The number of hydrogen-bond acceptors (Lipinski definition) is 8. The normalized spacial score (nSPS) is 10.8. The van der Waals surface area contributed by atoms with E-state index in [9.17, 15) is 9.59 Å². The topological polar surface area (TPSA) is 121 Å². The van der Waals surface area contributed by atoms with Crippen molar-refractivity contribution in [2.75, 3.05) is 31.8 Å². The van der Waals surface area contributed by atoms with Crippen molar-refractivity contribution in [3.63, 3.8) is 0 Å². The van der Waals surface area contributed by atoms with Crippen molar-refractivity contribution >= 4 is 28.6 Å². The number of fused-ring (bicyclic) bond motifs is 1. The average Bonchev–Trinajstić information content (AvgIpc) is 2.75. The van der Waals surface area contributed by atoms with Gasteiger partial charge in [0.25, 0.3) is 5.56 Å². The number of nitrogen functional groups attached to an aromatic ring is 1. The Bertz CT molecular complexity index is 1130. The second-order valence-electron chi connectivity index (χ2n) is 6.74. The molecule has 2 aromatic heterocycles. The van der Waals surface area contributed by atoms with Gasteiger partial charge in [0.2, 0.25) is 5.95 Å². The van der Waals surface area contributed by atoms with Crippen LogP contribution in [0.25, 0.3) is 10.9 Å². The maximum Gasteiger partial charge on any atom is 0.337 e. The summed E-state index contributed by atoms with van der Waals surface area (Å²) in [6.45, 7) is 3.01. The Labute approximate surface area is 173 Å². The van der Waals surface area contributed by atoms with E-state index in [1.807, 2.05) is 0 Å². The Morgan fingerprint density at radius 2 is 2.03 bits per heavy atom. The molecule has 3 rings (SSSR count). The average molecular weight is 411 g/mol. The molecule has 2 heterocycles. The lowest BCUT2D eigenvalue weighted by atomic mass is 10.1. The highest BCUT2D eigenvalue weighted by Gasteiger charge is 2.15. The van der Waals surface area contributed by atoms with Crippen LogP contribution in [0.15, 0.2) is 35.3 Å². The summed E-state index contributed by atoms with van der Waals surface area (Å²) in [7, 11) is 2.83. The first kappa shape index (κ1) is 21.1. The Hall–Kier alpha value is -3.62. The van der Waals surface area contributed by atoms with Gasteiger partial charge in [0, 0.05) is 18.3 Å². The van der Waals surface area contributed by atoms with Crippen LogP contribution in [0.1, 0.15) is 35.7 Å². The van der Waals surface area contributed by atoms with Gasteiger partial charge in [-0.05, 0) is 24.6 Å². The van der Waals surface area contributed by atoms with Crippen LogP contribution in [0.3, 0.4) is 0 Å². The fourth-order valence-corrected chi connectivity index (χ4v) is 3.14. The zero-order valence-corrected chi connectivity index (χ0v) is 17.3. The van der Waals surface area contributed by atoms with Crippen LogP contribution in [-0.4, -0.2) is 41.3 Å². The predicted molar refractivity (Wildman–Crippen MR) is 115 cm³/mol. The van der Waals surface area contributed by atoms with Crippen LogP contribution >= 0.6 is 0 Å². The van der Waals surface area contributed by atoms with Gasteiger partial charge in [0.15, 0.2) is 0 Å². The van der Waals surface area contributed by atoms with Crippen LogP contribution in [0.4, 0.5) is 11.8 Å². The third kappa shape index (κ3) is 4.35. The van der Waals surface area contributed by atoms with Crippen LogP contribution in [-0.2, 0) is 11.3 Å². The van der Waals surface area contributed by atoms with Crippen molar-refractivity contribution in [1.29, 1.82) is 0 Å². The molecule has 1 aromatic carbocycles. The smallest absolute Gasteiger partial charge is 0.337 e. The number of ether oxygens (including phenoxy) is 2. The first-order valence-electron chi connectivity index (χ1n) is 9.64. The highest BCUT2D eigenvalue weighted by Crippen LogP contribution is 2.23. The molecule has 30 heavy (non-hydrogen) atoms. The van der Waals surface area contributed by atoms with Crippen molar-refractivity contribution in [2.45, 2.75) is 26.3 Å². The first-order chi connectivity index (χ1) is 14.5. The third-order valence-electron chi connectivity index (χ3n) is 4.71. The molecule has 9 heteroatoms. The van der Waals surface area contributed by atoms with Crippen molar-refractivity contribution in [2.24, 2.45) is 0 Å². The summed E-state index contributed by atoms with van der Waals surface area (Å²) in [5, 5.41) is 3.57. The molecular formula is C21H25N5O4. The Morgan fingerprint density at radius 1 is 1.23 bits per heavy atom. The number of hydrogen-bond donors (Lipinski definition) is 2. The van der Waals surface area contributed by atoms with E-state index < -0.39 is 5.97 Å². The van der Waals surface area contributed by atoms with Crippen molar-refractivity contribution in [3.05, 3.63) is 51.9 Å². The molecule has 0 amide bonds. The van der Waals surface area contributed by atoms with E-state index in [1.54, 1.807) is 35.0 Å². The quantitative estimate of drug-likeness (QED) is 0.428. The number of carbonyl (C=O) groups excluding carboxylic acids is 1. The lowest BCUT2D eigenvalue weighted by molar-refractivity contribution is 0.0600. The number of anilines is 2. The van der Waals surface area contributed by atoms with E-state index in [4.69, 9.17) is 15.2 Å². The molecule has 158 valence electrons. The summed E-state index contributed by atoms with van der Waals surface area (Å²) in [5.41, 5.74) is 7.15. The van der Waals surface area contributed by atoms with Gasteiger partial charge in [0.1, 0.15) is 17.0 Å². The van der Waals surface area contributed by atoms with Crippen LogP contribution in [0.5, 0.6) is 5.75 Å². The minimum Gasteiger partial charge on any atom is -0.496 e. The highest BCUT2D eigenvalue weighted by molar-refractivity contribution is 5.90. The molecule has 0 saturated carbocycles. The minimum absolute atomic E-state index is 0.110. The summed E-state index contributed by atoms with van der Waals surface area (Å²) < 4.78 is 11.7. The number of esters is 1. The molecular weight excluding hydrogens is 386 g/mol. The molecule has 0 atom stereocenters. The number of methoxy groups -OCH3 is 2. The SMILES string of the molecule is CCCCNc1nc(N)nc2ccn(Cc3ccc(C(=O)OC)cc3OC)c(=O)c12. The summed E-state index contributed by atoms with van der Waals surface area (Å²) in [5.74, 6) is 0.567. The lowest BCUT2D eigenvalue weighted by Crippen LogP contribution is -2.23. The monoisotopic (exact) mass is 411 g/mol. The van der Waals surface area contributed by atoms with E-state index in [-0.39, 0.29) is 18.1 Å². The number of unbranched alkanes of at least 4 members (excludes halogenated alkanes) is 1. The zero-order chi connectivity index (χ0) is 21.7. The standard InChI is InChI=1S/C21H25N5O4/c1-4-5-9-23-18-17-15(24-21(22)25-18)8-10-26(19(17)27)12-14-7-6-13(20(28)30-3)11-16(14)29-2/h6-8,10-11H,4-5,9,12H2,1-3H3,(H3,22,23,24,25). The van der Waals surface area contributed by atoms with Gasteiger partial charge in [-0.1, -0.05) is 19.4 Å². The van der Waals surface area contributed by atoms with E-state index in [2.05, 4.69) is 22.2 Å². The predicted octanol–water partition coefficient (Wildman–Crippen LogP) is 2.43. The van der Waals surface area contributed by atoms with E-state index >= 15 is 0 Å². The molecule has 3 aromatic rings. The van der Waals surface area contributed by atoms with Gasteiger partial charge in [-0.2, -0.15) is 4.98 Å². The number of nitrogens with zero attached hydrogens (tertiary/aromatic N) is 3. The summed E-state index contributed by atoms with van der Waals surface area (Å²) in [6, 6.07) is 6.70. The number of carbonyl (C=O) groups is 1. The van der Waals surface area contributed by atoms with Gasteiger partial charge in [-0.15, -0.1) is 0 Å². The van der Waals surface area contributed by atoms with Crippen molar-refractivity contribution < 1.29 is 14.3 Å². The third-order valence-corrected chi connectivity index (χ3v) is 4.71. The van der Waals surface area contributed by atoms with E-state index in [0.29, 0.717) is 34.6 Å². The number of rotatable bonds is 8. The summed E-state index contributed by atoms with van der Waals surface area (Å²) >= 11 is 0. The molecule has 0 saturated heterocycles. The molecule has 0 aliphatic carbocycles. The van der Waals surface area contributed by atoms with Crippen molar-refractivity contribution in [1.82, 2.24) is 14.5 Å². The van der Waals surface area contributed by atoms with Crippen LogP contribution < -0.4 is 21.3 Å². The molecule has 0 aliphatic heterocycles. The van der Waals surface area contributed by atoms with Gasteiger partial charge in [0.05, 0.1) is 31.8 Å². The molecule has 0 radical (unpaired) electrons. The summed E-state index contributed by atoms with van der Waals surface area (Å²) in [6.07, 6.45) is 3.61. The number of aromatic nitrogens is 3. The van der Waals surface area contributed by atoms with Crippen molar-refractivity contribution in [3.8, 4) is 5.75 Å². The molecule has 3 N–H and O–H groups in total. The van der Waals surface area contributed by atoms with Gasteiger partial charge < -0.3 is 25.1 Å². The molecule has 0 fully saturated rings. The number of nitrogens with two attached hydrogens (primary N) is 1. The fraction of sp³-hybridized carbons (Fsp3) is 0.333. The Morgan fingerprint density at radius 3 is 2.73 bits per heavy atom. The molecule has 0 unspecified atom stereocenters. The van der Waals surface area contributed by atoms with Crippen LogP contribution in [0, 0.1) is 0 Å². The number of pyridine rings is 1. The van der Waals surface area contributed by atoms with Crippen LogP contribution in [0.2, 0.25) is 0 Å². The second kappa shape index (κ2) is 9.25. The highest BCUT2D eigenvalue weighted by atomic mass is 16.5. The Kier molecular flexibility index (Phi) is 6.51. The lowest BCUT2D eigenvalue weighted by Gasteiger charge is -2.14. The largest absolute Gasteiger partial charge is 0.496 e. The summed E-state index contributed by atoms with van der Waals surface area (Å²) in [4.78, 5) is 33.4. The molecule has 0 aliphatic rings. The van der Waals surface area contributed by atoms with Gasteiger partial charge in [-0.25, -0.2) is 9.78 Å². The van der Waals surface area contributed by atoms with E-state index in [0.717, 1.165) is 18.4 Å². The minimum atomic E-state index is -0.458. The van der Waals surface area contributed by atoms with Gasteiger partial charge in [-0.3, -0.25) is 4.79 Å². The number of nitrogens with one attached hydrogen (secondary N) is 1. The maximum atomic E-state index is 13.2. The van der Waals surface area contributed by atoms with Gasteiger partial charge >= 0.3 is 5.97 Å². The molecule has 0 spiro atoms. The molecule has 9 nitrogen and oxygen atoms in total. The molecule has 0 bridgehead atoms. The maximum absolute atomic E-state index is 13.2. The zero-order valence-electron chi connectivity index (χ0n) is 17.3. The Balaban J connectivity index is 2.02. The number of benzene rings is 1. The first-order valence-corrected chi connectivity index (χ1v) is 9.64. The fourth-order valence-electron chi connectivity index (χ4n) is 3.14. The van der Waals surface area contributed by atoms with E-state index in [1.165, 1.54) is 14.2 Å².